The number of nitrogens with one attached hydrogen (secondary N) is 2. The quantitative estimate of drug-likeness (QED) is 0.761. The van der Waals surface area contributed by atoms with E-state index < -0.39 is 0 Å². The maximum Gasteiger partial charge on any atom is 0.263 e. The fraction of sp³-hybridized carbons (Fsp3) is 0.375. The van der Waals surface area contributed by atoms with Gasteiger partial charge in [-0.25, -0.2) is 4.98 Å². The molecule has 0 saturated heterocycles. The van der Waals surface area contributed by atoms with E-state index in [2.05, 4.69) is 15.6 Å². The molecular formula is C16H21N3O4S. The molecule has 8 heteroatoms. The van der Waals surface area contributed by atoms with E-state index in [4.69, 9.17) is 14.2 Å². The van der Waals surface area contributed by atoms with Crippen molar-refractivity contribution in [1.29, 1.82) is 0 Å². The van der Waals surface area contributed by atoms with Gasteiger partial charge in [-0.1, -0.05) is 18.3 Å². The van der Waals surface area contributed by atoms with Crippen LogP contribution in [-0.4, -0.2) is 38.8 Å². The van der Waals surface area contributed by atoms with Crippen LogP contribution in [0.25, 0.3) is 0 Å². The second-order valence-electron chi connectivity index (χ2n) is 4.82. The number of carbonyl (C=O) groups is 1. The third-order valence-corrected chi connectivity index (χ3v) is 4.09. The molecule has 0 unspecified atom stereocenters. The van der Waals surface area contributed by atoms with Crippen molar-refractivity contribution in [1.82, 2.24) is 10.3 Å². The van der Waals surface area contributed by atoms with Crippen LogP contribution in [0.2, 0.25) is 0 Å². The van der Waals surface area contributed by atoms with E-state index in [-0.39, 0.29) is 5.91 Å². The van der Waals surface area contributed by atoms with Crippen LogP contribution in [0.4, 0.5) is 10.8 Å². The summed E-state index contributed by atoms with van der Waals surface area (Å²) in [4.78, 5) is 16.7. The van der Waals surface area contributed by atoms with Gasteiger partial charge in [0.2, 0.25) is 5.75 Å². The monoisotopic (exact) mass is 351 g/mol. The second-order valence-corrected chi connectivity index (χ2v) is 5.86. The van der Waals surface area contributed by atoms with Gasteiger partial charge in [-0.3, -0.25) is 4.79 Å². The highest BCUT2D eigenvalue weighted by molar-refractivity contribution is 7.17. The van der Waals surface area contributed by atoms with Crippen molar-refractivity contribution in [3.8, 4) is 17.2 Å². The summed E-state index contributed by atoms with van der Waals surface area (Å²) in [5.74, 6) is 1.48. The largest absolute Gasteiger partial charge is 0.493 e. The normalized spacial score (nSPS) is 10.2. The minimum absolute atomic E-state index is 0.118. The Kier molecular flexibility index (Phi) is 6.25. The lowest BCUT2D eigenvalue weighted by molar-refractivity contribution is 0.0957. The summed E-state index contributed by atoms with van der Waals surface area (Å²) in [5, 5.41) is 6.58. The molecule has 0 bridgehead atoms. The van der Waals surface area contributed by atoms with E-state index in [9.17, 15) is 4.79 Å². The van der Waals surface area contributed by atoms with Gasteiger partial charge in [-0.05, 0) is 6.42 Å². The number of anilines is 2. The molecule has 1 aromatic heterocycles. The molecule has 2 N–H and O–H groups in total. The first-order valence-corrected chi connectivity index (χ1v) is 8.25. The number of thiazole rings is 1. The summed E-state index contributed by atoms with van der Waals surface area (Å²) >= 11 is 1.28. The standard InChI is InChI=1S/C16H21N3O4S/c1-5-6-17-15(20)13-9-18-16(24-13)19-10-7-11(21-2)14(23-4)12(8-10)22-3/h7-9H,5-6H2,1-4H3,(H,17,20)(H,18,19). The van der Waals surface area contributed by atoms with Crippen molar-refractivity contribution < 1.29 is 19.0 Å². The molecule has 1 amide bonds. The lowest BCUT2D eigenvalue weighted by Crippen LogP contribution is -2.22. The van der Waals surface area contributed by atoms with Gasteiger partial charge < -0.3 is 24.8 Å². The van der Waals surface area contributed by atoms with Gasteiger partial charge in [0.1, 0.15) is 4.88 Å². The number of rotatable bonds is 8. The Morgan fingerprint density at radius 1 is 1.17 bits per heavy atom. The van der Waals surface area contributed by atoms with Crippen LogP contribution in [0.1, 0.15) is 23.0 Å². The van der Waals surface area contributed by atoms with Crippen LogP contribution in [0.15, 0.2) is 18.3 Å². The maximum atomic E-state index is 11.9. The van der Waals surface area contributed by atoms with Crippen molar-refractivity contribution in [2.24, 2.45) is 0 Å². The first-order valence-electron chi connectivity index (χ1n) is 7.44. The third kappa shape index (κ3) is 4.08. The Bertz CT molecular complexity index is 677. The topological polar surface area (TPSA) is 81.7 Å². The number of methoxy groups -OCH3 is 3. The summed E-state index contributed by atoms with van der Waals surface area (Å²) in [5.41, 5.74) is 0.722. The van der Waals surface area contributed by atoms with Gasteiger partial charge in [0.15, 0.2) is 16.6 Å². The first kappa shape index (κ1) is 17.9. The predicted molar refractivity (Wildman–Crippen MR) is 94.1 cm³/mol. The molecule has 130 valence electrons. The Labute approximate surface area is 145 Å². The van der Waals surface area contributed by atoms with Gasteiger partial charge in [0, 0.05) is 24.4 Å². The highest BCUT2D eigenvalue weighted by Crippen LogP contribution is 2.40. The summed E-state index contributed by atoms with van der Waals surface area (Å²) in [6.07, 6.45) is 2.44. The van der Waals surface area contributed by atoms with Gasteiger partial charge in [0.05, 0.1) is 27.5 Å². The second kappa shape index (κ2) is 8.39. The van der Waals surface area contributed by atoms with Gasteiger partial charge in [-0.15, -0.1) is 0 Å². The van der Waals surface area contributed by atoms with E-state index in [1.165, 1.54) is 11.3 Å². The van der Waals surface area contributed by atoms with Gasteiger partial charge in [-0.2, -0.15) is 0 Å². The lowest BCUT2D eigenvalue weighted by atomic mass is 10.2. The molecule has 24 heavy (non-hydrogen) atoms. The number of hydrogen-bond acceptors (Lipinski definition) is 7. The number of ether oxygens (including phenoxy) is 3. The third-order valence-electron chi connectivity index (χ3n) is 3.18. The van der Waals surface area contributed by atoms with E-state index in [0.717, 1.165) is 12.1 Å². The number of nitrogens with zero attached hydrogens (tertiary/aromatic N) is 1. The molecule has 1 heterocycles. The van der Waals surface area contributed by atoms with Crippen molar-refractivity contribution in [2.75, 3.05) is 33.2 Å². The number of hydrogen-bond donors (Lipinski definition) is 2. The van der Waals surface area contributed by atoms with Crippen molar-refractivity contribution >= 4 is 28.1 Å². The first-order chi connectivity index (χ1) is 11.6. The van der Waals surface area contributed by atoms with Crippen molar-refractivity contribution in [3.63, 3.8) is 0 Å². The Balaban J connectivity index is 2.19. The highest BCUT2D eigenvalue weighted by atomic mass is 32.1. The smallest absolute Gasteiger partial charge is 0.263 e. The zero-order valence-electron chi connectivity index (χ0n) is 14.1. The summed E-state index contributed by atoms with van der Waals surface area (Å²) in [6, 6.07) is 3.55. The van der Waals surface area contributed by atoms with E-state index >= 15 is 0 Å². The molecule has 0 spiro atoms. The van der Waals surface area contributed by atoms with Crippen LogP contribution in [0.5, 0.6) is 17.2 Å². The summed E-state index contributed by atoms with van der Waals surface area (Å²) in [7, 11) is 4.66. The average Bonchev–Trinajstić information content (AvgIpc) is 3.07. The van der Waals surface area contributed by atoms with Crippen molar-refractivity contribution in [2.45, 2.75) is 13.3 Å². The highest BCUT2D eigenvalue weighted by Gasteiger charge is 2.15. The zero-order chi connectivity index (χ0) is 17.5. The molecular weight excluding hydrogens is 330 g/mol. The minimum Gasteiger partial charge on any atom is -0.493 e. The zero-order valence-corrected chi connectivity index (χ0v) is 15.0. The minimum atomic E-state index is -0.118. The Morgan fingerprint density at radius 3 is 2.38 bits per heavy atom. The molecule has 7 nitrogen and oxygen atoms in total. The molecule has 0 aliphatic rings. The SMILES string of the molecule is CCCNC(=O)c1cnc(Nc2cc(OC)c(OC)c(OC)c2)s1. The van der Waals surface area contributed by atoms with Crippen LogP contribution >= 0.6 is 11.3 Å². The van der Waals surface area contributed by atoms with Crippen LogP contribution < -0.4 is 24.8 Å². The van der Waals surface area contributed by atoms with E-state index in [0.29, 0.717) is 33.8 Å². The molecule has 2 rings (SSSR count). The van der Waals surface area contributed by atoms with Crippen LogP contribution in [-0.2, 0) is 0 Å². The number of aromatic nitrogens is 1. The fourth-order valence-electron chi connectivity index (χ4n) is 2.04. The fourth-order valence-corrected chi connectivity index (χ4v) is 2.79. The summed E-state index contributed by atoms with van der Waals surface area (Å²) < 4.78 is 15.9. The predicted octanol–water partition coefficient (Wildman–Crippen LogP) is 3.05. The van der Waals surface area contributed by atoms with Gasteiger partial charge >= 0.3 is 0 Å². The molecule has 0 fully saturated rings. The molecule has 0 atom stereocenters. The van der Waals surface area contributed by atoms with Crippen LogP contribution in [0.3, 0.4) is 0 Å². The maximum absolute atomic E-state index is 11.9. The Morgan fingerprint density at radius 2 is 1.83 bits per heavy atom. The van der Waals surface area contributed by atoms with Crippen molar-refractivity contribution in [3.05, 3.63) is 23.2 Å². The van der Waals surface area contributed by atoms with Gasteiger partial charge in [0.25, 0.3) is 5.91 Å². The molecule has 0 saturated carbocycles. The molecule has 0 aliphatic carbocycles. The number of amides is 1. The summed E-state index contributed by atoms with van der Waals surface area (Å²) in [6.45, 7) is 2.65. The number of benzene rings is 1. The molecule has 0 aliphatic heterocycles. The van der Waals surface area contributed by atoms with E-state index in [1.807, 2.05) is 6.92 Å². The van der Waals surface area contributed by atoms with E-state index in [1.54, 1.807) is 39.7 Å². The average molecular weight is 351 g/mol. The Hall–Kier alpha value is -2.48. The van der Waals surface area contributed by atoms with Crippen LogP contribution in [0, 0.1) is 0 Å². The molecule has 0 radical (unpaired) electrons. The molecule has 1 aromatic carbocycles. The molecule has 2 aromatic rings. The lowest BCUT2D eigenvalue weighted by Gasteiger charge is -2.14. The number of carbonyl (C=O) groups excluding carboxylic acids is 1.